The van der Waals surface area contributed by atoms with E-state index in [2.05, 4.69) is 11.9 Å². The predicted octanol–water partition coefficient (Wildman–Crippen LogP) is 0.955. The lowest BCUT2D eigenvalue weighted by molar-refractivity contribution is 0.0549. The number of fused-ring (bicyclic) bond motifs is 1. The normalized spacial score (nSPS) is 12.5. The molecule has 1 aromatic carbocycles. The zero-order valence-corrected chi connectivity index (χ0v) is 13.9. The molecule has 2 heterocycles. The molecule has 3 rings (SSSR count). The van der Waals surface area contributed by atoms with Crippen molar-refractivity contribution in [1.29, 1.82) is 0 Å². The van der Waals surface area contributed by atoms with E-state index in [9.17, 15) is 19.2 Å². The Bertz CT molecular complexity index is 1040. The minimum absolute atomic E-state index is 0.0469. The van der Waals surface area contributed by atoms with Crippen LogP contribution in [0.5, 0.6) is 0 Å². The number of amides is 2. The highest BCUT2D eigenvalue weighted by atomic mass is 16.5. The molecule has 1 aliphatic heterocycles. The number of hydrogen-bond donors (Lipinski definition) is 2. The Hall–Kier alpha value is -3.68. The van der Waals surface area contributed by atoms with Crippen molar-refractivity contribution in [1.82, 2.24) is 9.88 Å². The third-order valence-corrected chi connectivity index (χ3v) is 3.84. The lowest BCUT2D eigenvalue weighted by Gasteiger charge is -2.14. The molecule has 0 fully saturated rings. The predicted molar refractivity (Wildman–Crippen MR) is 93.5 cm³/mol. The van der Waals surface area contributed by atoms with E-state index in [1.54, 1.807) is 19.1 Å². The highest BCUT2D eigenvalue weighted by molar-refractivity contribution is 6.23. The van der Waals surface area contributed by atoms with Gasteiger partial charge in [-0.3, -0.25) is 24.3 Å². The second-order valence-electron chi connectivity index (χ2n) is 5.72. The van der Waals surface area contributed by atoms with Crippen LogP contribution in [-0.2, 0) is 4.74 Å². The standard InChI is InChI=1S/C18H15N3O5/c1-3-4-26-18(25)10-5-9(2)6-11(7-10)21-13(22)8-12-14(15(21)19)17(24)20-16(12)23/h3,5-8H,1,4,19H2,2H3,(H,20,23,24). The summed E-state index contributed by atoms with van der Waals surface area (Å²) in [4.78, 5) is 48.2. The summed E-state index contributed by atoms with van der Waals surface area (Å²) in [6.07, 6.45) is 1.44. The fourth-order valence-electron chi connectivity index (χ4n) is 2.77. The number of pyridine rings is 1. The molecular formula is C18H15N3O5. The summed E-state index contributed by atoms with van der Waals surface area (Å²) in [5, 5.41) is 2.10. The number of carbonyl (C=O) groups excluding carboxylic acids is 3. The number of anilines is 1. The van der Waals surface area contributed by atoms with Crippen molar-refractivity contribution in [2.75, 3.05) is 12.3 Å². The van der Waals surface area contributed by atoms with Crippen molar-refractivity contribution in [2.24, 2.45) is 0 Å². The molecule has 0 radical (unpaired) electrons. The van der Waals surface area contributed by atoms with Gasteiger partial charge in [-0.05, 0) is 30.7 Å². The SMILES string of the molecule is C=CCOC(=O)c1cc(C)cc(-n2c(N)c3c(cc2=O)C(=O)NC3=O)c1. The number of esters is 1. The molecule has 26 heavy (non-hydrogen) atoms. The molecule has 132 valence electrons. The van der Waals surface area contributed by atoms with Gasteiger partial charge in [0.1, 0.15) is 12.4 Å². The number of hydrogen-bond acceptors (Lipinski definition) is 6. The van der Waals surface area contributed by atoms with Crippen LogP contribution < -0.4 is 16.6 Å². The van der Waals surface area contributed by atoms with Crippen molar-refractivity contribution < 1.29 is 19.1 Å². The van der Waals surface area contributed by atoms with Gasteiger partial charge in [0.15, 0.2) is 0 Å². The van der Waals surface area contributed by atoms with Crippen LogP contribution in [0.3, 0.4) is 0 Å². The number of rotatable bonds is 4. The summed E-state index contributed by atoms with van der Waals surface area (Å²) in [6.45, 7) is 5.26. The summed E-state index contributed by atoms with van der Waals surface area (Å²) in [6, 6.07) is 5.70. The highest BCUT2D eigenvalue weighted by Gasteiger charge is 2.32. The smallest absolute Gasteiger partial charge is 0.338 e. The number of nitrogens with one attached hydrogen (secondary N) is 1. The average Bonchev–Trinajstić information content (AvgIpc) is 2.86. The zero-order valence-electron chi connectivity index (χ0n) is 13.9. The quantitative estimate of drug-likeness (QED) is 0.480. The summed E-state index contributed by atoms with van der Waals surface area (Å²) in [5.74, 6) is -2.10. The summed E-state index contributed by atoms with van der Waals surface area (Å²) in [7, 11) is 0. The van der Waals surface area contributed by atoms with Gasteiger partial charge >= 0.3 is 5.97 Å². The molecule has 8 nitrogen and oxygen atoms in total. The second-order valence-corrected chi connectivity index (χ2v) is 5.72. The Balaban J connectivity index is 2.18. The lowest BCUT2D eigenvalue weighted by atomic mass is 10.1. The van der Waals surface area contributed by atoms with E-state index >= 15 is 0 Å². The van der Waals surface area contributed by atoms with Crippen LogP contribution in [-0.4, -0.2) is 29.0 Å². The van der Waals surface area contributed by atoms with E-state index in [0.29, 0.717) is 5.56 Å². The molecule has 1 aliphatic rings. The van der Waals surface area contributed by atoms with Gasteiger partial charge in [-0.25, -0.2) is 4.79 Å². The summed E-state index contributed by atoms with van der Waals surface area (Å²) < 4.78 is 6.08. The molecule has 0 atom stereocenters. The maximum Gasteiger partial charge on any atom is 0.338 e. The Kier molecular flexibility index (Phi) is 4.17. The molecular weight excluding hydrogens is 338 g/mol. The number of ether oxygens (including phenoxy) is 1. The van der Waals surface area contributed by atoms with E-state index in [4.69, 9.17) is 10.5 Å². The van der Waals surface area contributed by atoms with Crippen molar-refractivity contribution in [2.45, 2.75) is 6.92 Å². The summed E-state index contributed by atoms with van der Waals surface area (Å²) in [5.41, 5.74) is 6.46. The van der Waals surface area contributed by atoms with Crippen LogP contribution in [0.15, 0.2) is 41.7 Å². The van der Waals surface area contributed by atoms with Crippen LogP contribution >= 0.6 is 0 Å². The fraction of sp³-hybridized carbons (Fsp3) is 0.111. The number of imide groups is 1. The molecule has 0 bridgehead atoms. The van der Waals surface area contributed by atoms with Gasteiger partial charge in [-0.1, -0.05) is 12.7 Å². The first-order valence-electron chi connectivity index (χ1n) is 7.64. The first-order chi connectivity index (χ1) is 12.3. The number of nitrogens with zero attached hydrogens (tertiary/aromatic N) is 1. The van der Waals surface area contributed by atoms with E-state index in [1.807, 2.05) is 0 Å². The fourth-order valence-corrected chi connectivity index (χ4v) is 2.77. The van der Waals surface area contributed by atoms with Crippen LogP contribution in [0, 0.1) is 6.92 Å². The van der Waals surface area contributed by atoms with Crippen molar-refractivity contribution in [3.05, 3.63) is 69.5 Å². The largest absolute Gasteiger partial charge is 0.458 e. The van der Waals surface area contributed by atoms with Gasteiger partial charge < -0.3 is 10.5 Å². The monoisotopic (exact) mass is 353 g/mol. The molecule has 0 saturated heterocycles. The van der Waals surface area contributed by atoms with Crippen molar-refractivity contribution >= 4 is 23.6 Å². The Morgan fingerprint density at radius 2 is 1.96 bits per heavy atom. The van der Waals surface area contributed by atoms with Gasteiger partial charge in [0.25, 0.3) is 17.4 Å². The Morgan fingerprint density at radius 1 is 1.23 bits per heavy atom. The van der Waals surface area contributed by atoms with Gasteiger partial charge in [0.2, 0.25) is 0 Å². The first kappa shape index (κ1) is 17.2. The maximum absolute atomic E-state index is 12.5. The average molecular weight is 353 g/mol. The maximum atomic E-state index is 12.5. The minimum Gasteiger partial charge on any atom is -0.458 e. The number of benzene rings is 1. The van der Waals surface area contributed by atoms with Crippen LogP contribution in [0.4, 0.5) is 5.82 Å². The molecule has 3 N–H and O–H groups in total. The number of carbonyl (C=O) groups is 3. The van der Waals surface area contributed by atoms with Gasteiger partial charge in [-0.2, -0.15) is 0 Å². The molecule has 8 heteroatoms. The summed E-state index contributed by atoms with van der Waals surface area (Å²) >= 11 is 0. The minimum atomic E-state index is -0.672. The zero-order chi connectivity index (χ0) is 19.0. The molecule has 2 aromatic rings. The number of nitrogen functional groups attached to an aromatic ring is 1. The Labute approximate surface area is 147 Å². The Morgan fingerprint density at radius 3 is 2.65 bits per heavy atom. The number of aryl methyl sites for hydroxylation is 1. The van der Waals surface area contributed by atoms with E-state index in [0.717, 1.165) is 10.6 Å². The van der Waals surface area contributed by atoms with E-state index in [1.165, 1.54) is 12.1 Å². The number of aromatic nitrogens is 1. The lowest BCUT2D eigenvalue weighted by Crippen LogP contribution is -2.24. The second kappa shape index (κ2) is 6.32. The molecule has 1 aromatic heterocycles. The highest BCUT2D eigenvalue weighted by Crippen LogP contribution is 2.24. The van der Waals surface area contributed by atoms with Gasteiger partial charge in [0.05, 0.1) is 22.4 Å². The van der Waals surface area contributed by atoms with Crippen LogP contribution in [0.2, 0.25) is 0 Å². The van der Waals surface area contributed by atoms with Gasteiger partial charge in [0, 0.05) is 6.07 Å². The molecule has 0 spiro atoms. The molecule has 2 amide bonds. The molecule has 0 aliphatic carbocycles. The third kappa shape index (κ3) is 2.77. The first-order valence-corrected chi connectivity index (χ1v) is 7.64. The van der Waals surface area contributed by atoms with Crippen LogP contribution in [0.1, 0.15) is 36.6 Å². The van der Waals surface area contributed by atoms with Crippen molar-refractivity contribution in [3.63, 3.8) is 0 Å². The van der Waals surface area contributed by atoms with Gasteiger partial charge in [-0.15, -0.1) is 0 Å². The topological polar surface area (TPSA) is 120 Å². The molecule has 0 saturated carbocycles. The third-order valence-electron chi connectivity index (χ3n) is 3.84. The molecule has 0 unspecified atom stereocenters. The van der Waals surface area contributed by atoms with E-state index < -0.39 is 23.3 Å². The van der Waals surface area contributed by atoms with E-state index in [-0.39, 0.29) is 34.8 Å². The van der Waals surface area contributed by atoms with Crippen molar-refractivity contribution in [3.8, 4) is 5.69 Å². The number of nitrogens with two attached hydrogens (primary N) is 1. The van der Waals surface area contributed by atoms with Crippen LogP contribution in [0.25, 0.3) is 5.69 Å².